The fraction of sp³-hybridized carbons (Fsp3) is 0.222. The smallest absolute Gasteiger partial charge is 0.283 e. The van der Waals surface area contributed by atoms with Gasteiger partial charge < -0.3 is 0 Å². The highest BCUT2D eigenvalue weighted by Crippen LogP contribution is 2.36. The molecule has 0 aliphatic carbocycles. The maximum absolute atomic E-state index is 11.8. The highest BCUT2D eigenvalue weighted by atomic mass is 33.1. The topological polar surface area (TPSA) is 58.2 Å². The summed E-state index contributed by atoms with van der Waals surface area (Å²) in [5.74, 6) is -1.30. The number of carbonyl (C=O) groups excluding carboxylic acids is 2. The molecule has 0 radical (unpaired) electrons. The molecule has 138 valence electrons. The molecule has 0 saturated carbocycles. The molecule has 0 aromatic heterocycles. The van der Waals surface area contributed by atoms with E-state index < -0.39 is 11.8 Å². The van der Waals surface area contributed by atoms with E-state index in [1.165, 1.54) is 54.7 Å². The molecule has 2 aromatic carbocycles. The molecule has 0 aliphatic rings. The van der Waals surface area contributed by atoms with Crippen LogP contribution in [0.3, 0.4) is 0 Å². The van der Waals surface area contributed by atoms with Crippen LogP contribution >= 0.6 is 43.5 Å². The van der Waals surface area contributed by atoms with Gasteiger partial charge in [0.05, 0.1) is 0 Å². The number of hydrogen-bond acceptors (Lipinski definition) is 6. The zero-order valence-electron chi connectivity index (χ0n) is 14.4. The van der Waals surface area contributed by atoms with Crippen LogP contribution in [-0.2, 0) is 9.59 Å². The van der Waals surface area contributed by atoms with Crippen LogP contribution in [0.1, 0.15) is 35.5 Å². The summed E-state index contributed by atoms with van der Waals surface area (Å²) in [5, 5.41) is 0.419. The molecule has 26 heavy (non-hydrogen) atoms. The summed E-state index contributed by atoms with van der Waals surface area (Å²) >= 11 is 0. The van der Waals surface area contributed by atoms with E-state index in [4.69, 9.17) is 0 Å². The van der Waals surface area contributed by atoms with Gasteiger partial charge >= 0.3 is 11.8 Å². The Morgan fingerprint density at radius 1 is 0.692 bits per heavy atom. The number of rotatable bonds is 8. The fourth-order valence-electron chi connectivity index (χ4n) is 1.92. The lowest BCUT2D eigenvalue weighted by atomic mass is 10.2. The zero-order valence-corrected chi connectivity index (χ0v) is 17.6. The molecular weight excluding hydrogens is 404 g/mol. The zero-order chi connectivity index (χ0) is 18.8. The molecule has 0 bridgehead atoms. The van der Waals surface area contributed by atoms with Crippen molar-refractivity contribution < 1.29 is 9.59 Å². The second-order valence-corrected chi connectivity index (χ2v) is 10.0. The minimum Gasteiger partial charge on any atom is -0.283 e. The summed E-state index contributed by atoms with van der Waals surface area (Å²) in [4.78, 5) is 23.7. The van der Waals surface area contributed by atoms with Crippen LogP contribution in [0.4, 0.5) is 0 Å². The highest BCUT2D eigenvalue weighted by molar-refractivity contribution is 8.76. The van der Waals surface area contributed by atoms with Crippen molar-refractivity contribution in [3.63, 3.8) is 0 Å². The number of nitrogens with one attached hydrogen (secondary N) is 2. The predicted molar refractivity (Wildman–Crippen MR) is 116 cm³/mol. The Morgan fingerprint density at radius 2 is 1.04 bits per heavy atom. The van der Waals surface area contributed by atoms with E-state index in [9.17, 15) is 9.59 Å². The Hall–Kier alpha value is -1.22. The van der Waals surface area contributed by atoms with Crippen molar-refractivity contribution in [2.45, 2.75) is 24.3 Å². The lowest BCUT2D eigenvalue weighted by molar-refractivity contribution is -0.136. The second-order valence-electron chi connectivity index (χ2n) is 5.33. The molecular formula is C18H20N2O2S4. The summed E-state index contributed by atoms with van der Waals surface area (Å²) in [6, 6.07) is 20.0. The van der Waals surface area contributed by atoms with Crippen LogP contribution < -0.4 is 9.44 Å². The van der Waals surface area contributed by atoms with Crippen molar-refractivity contribution in [3.05, 3.63) is 71.8 Å². The highest BCUT2D eigenvalue weighted by Gasteiger charge is 2.16. The molecule has 2 unspecified atom stereocenters. The average molecular weight is 425 g/mol. The maximum atomic E-state index is 11.8. The lowest BCUT2D eigenvalue weighted by Gasteiger charge is -2.12. The van der Waals surface area contributed by atoms with Gasteiger partial charge in [0.1, 0.15) is 0 Å². The van der Waals surface area contributed by atoms with Gasteiger partial charge in [0.2, 0.25) is 0 Å². The molecule has 2 N–H and O–H groups in total. The summed E-state index contributed by atoms with van der Waals surface area (Å²) in [6.45, 7) is 4.10. The van der Waals surface area contributed by atoms with Crippen LogP contribution in [0.2, 0.25) is 0 Å². The van der Waals surface area contributed by atoms with E-state index in [-0.39, 0.29) is 10.5 Å². The van der Waals surface area contributed by atoms with Gasteiger partial charge in [-0.15, -0.1) is 0 Å². The number of carbonyl (C=O) groups is 2. The van der Waals surface area contributed by atoms with Crippen LogP contribution in [0.15, 0.2) is 60.7 Å². The van der Waals surface area contributed by atoms with Crippen molar-refractivity contribution in [2.75, 3.05) is 0 Å². The molecule has 2 rings (SSSR count). The molecule has 0 aliphatic heterocycles. The molecule has 0 heterocycles. The predicted octanol–water partition coefficient (Wildman–Crippen LogP) is 5.33. The second kappa shape index (κ2) is 11.5. The van der Waals surface area contributed by atoms with E-state index in [0.717, 1.165) is 0 Å². The summed E-state index contributed by atoms with van der Waals surface area (Å²) in [6.07, 6.45) is 0. The quantitative estimate of drug-likeness (QED) is 0.339. The minimum atomic E-state index is -0.650. The van der Waals surface area contributed by atoms with Gasteiger partial charge in [0, 0.05) is 32.5 Å². The van der Waals surface area contributed by atoms with Gasteiger partial charge in [-0.3, -0.25) is 19.0 Å². The summed E-state index contributed by atoms with van der Waals surface area (Å²) in [5.41, 5.74) is 2.34. The van der Waals surface area contributed by atoms with Crippen molar-refractivity contribution in [1.29, 1.82) is 0 Å². The number of hydrogen-bond donors (Lipinski definition) is 2. The number of benzene rings is 2. The molecule has 0 fully saturated rings. The van der Waals surface area contributed by atoms with E-state index >= 15 is 0 Å². The molecule has 2 amide bonds. The third kappa shape index (κ3) is 7.19. The van der Waals surface area contributed by atoms with Crippen LogP contribution in [0.5, 0.6) is 0 Å². The Balaban J connectivity index is 1.64. The first-order chi connectivity index (χ1) is 12.6. The largest absolute Gasteiger partial charge is 0.320 e. The maximum Gasteiger partial charge on any atom is 0.320 e. The molecule has 2 atom stereocenters. The van der Waals surface area contributed by atoms with Gasteiger partial charge in [0.25, 0.3) is 0 Å². The molecule has 4 nitrogen and oxygen atoms in total. The fourth-order valence-corrected chi connectivity index (χ4v) is 5.45. The molecule has 0 saturated heterocycles. The third-order valence-electron chi connectivity index (χ3n) is 3.40. The third-order valence-corrected chi connectivity index (χ3v) is 8.06. The lowest BCUT2D eigenvalue weighted by Crippen LogP contribution is -2.33. The summed E-state index contributed by atoms with van der Waals surface area (Å²) < 4.78 is 5.12. The van der Waals surface area contributed by atoms with E-state index in [0.29, 0.717) is 0 Å². The normalized spacial score (nSPS) is 12.8. The molecule has 8 heteroatoms. The average Bonchev–Trinajstić information content (AvgIpc) is 2.68. The van der Waals surface area contributed by atoms with Crippen molar-refractivity contribution in [2.24, 2.45) is 0 Å². The first-order valence-corrected chi connectivity index (χ1v) is 12.4. The Kier molecular flexibility index (Phi) is 9.31. The Bertz CT molecular complexity index is 639. The molecule has 2 aromatic rings. The number of amides is 2. The van der Waals surface area contributed by atoms with Crippen molar-refractivity contribution >= 4 is 55.4 Å². The van der Waals surface area contributed by atoms with E-state index in [2.05, 4.69) is 23.3 Å². The SMILES string of the molecule is CC(SSNC(=O)C(=O)NSSC(C)c1ccccc1)c1ccccc1. The van der Waals surface area contributed by atoms with Gasteiger partial charge in [-0.2, -0.15) is 0 Å². The Labute approximate surface area is 170 Å². The van der Waals surface area contributed by atoms with E-state index in [1.54, 1.807) is 0 Å². The van der Waals surface area contributed by atoms with Crippen LogP contribution in [0, 0.1) is 0 Å². The van der Waals surface area contributed by atoms with Crippen LogP contribution in [0.25, 0.3) is 0 Å². The monoisotopic (exact) mass is 424 g/mol. The standard InChI is InChI=1S/C18H20N2O2S4/c1-13(15-9-5-3-6-10-15)23-25-19-17(21)18(22)20-26-24-14(2)16-11-7-4-8-12-16/h3-14H,1-2H3,(H,19,21)(H,20,22). The van der Waals surface area contributed by atoms with Crippen molar-refractivity contribution in [1.82, 2.24) is 9.44 Å². The van der Waals surface area contributed by atoms with Crippen molar-refractivity contribution in [3.8, 4) is 0 Å². The van der Waals surface area contributed by atoms with Gasteiger partial charge in [-0.1, -0.05) is 82.3 Å². The van der Waals surface area contributed by atoms with Gasteiger partial charge in [0.15, 0.2) is 0 Å². The van der Waals surface area contributed by atoms with Crippen LogP contribution in [-0.4, -0.2) is 11.8 Å². The first-order valence-electron chi connectivity index (χ1n) is 7.92. The van der Waals surface area contributed by atoms with Gasteiger partial charge in [-0.25, -0.2) is 0 Å². The van der Waals surface area contributed by atoms with Gasteiger partial charge in [-0.05, 0) is 25.0 Å². The minimum absolute atomic E-state index is 0.209. The Morgan fingerprint density at radius 3 is 1.38 bits per heavy atom. The summed E-state index contributed by atoms with van der Waals surface area (Å²) in [7, 11) is 5.33. The first kappa shape index (κ1) is 21.1. The molecule has 0 spiro atoms. The van der Waals surface area contributed by atoms with E-state index in [1.807, 2.05) is 60.7 Å².